The maximum absolute atomic E-state index is 12.3. The Kier molecular flexibility index (Phi) is 7.49. The number of hydrogen-bond donors (Lipinski definition) is 1. The Morgan fingerprint density at radius 2 is 2.36 bits per heavy atom. The van der Waals surface area contributed by atoms with Gasteiger partial charge in [0.05, 0.1) is 12.6 Å². The average molecular weight is 347 g/mol. The summed E-state index contributed by atoms with van der Waals surface area (Å²) >= 11 is 0.903. The summed E-state index contributed by atoms with van der Waals surface area (Å²) in [6.07, 6.45) is 3.42. The molecule has 1 aliphatic heterocycles. The molecule has 1 aromatic heterocycles. The van der Waals surface area contributed by atoms with Gasteiger partial charge >= 0.3 is 0 Å². The molecule has 8 nitrogen and oxygen atoms in total. The number of aromatic nitrogens is 4. The molecular weight excluding hydrogens is 328 g/mol. The number of thioether (sulfide) groups is 1. The van der Waals surface area contributed by atoms with E-state index < -0.39 is 0 Å². The highest BCUT2D eigenvalue weighted by atomic mass is 35.5. The van der Waals surface area contributed by atoms with Gasteiger partial charge in [0, 0.05) is 25.4 Å². The van der Waals surface area contributed by atoms with E-state index in [1.54, 1.807) is 13.1 Å². The number of halogens is 1. The Bertz CT molecular complexity index is 531. The number of nitrogens with zero attached hydrogens (tertiary/aromatic N) is 5. The van der Waals surface area contributed by atoms with Crippen LogP contribution < -0.4 is 5.32 Å². The molecule has 10 heteroatoms. The fourth-order valence-corrected chi connectivity index (χ4v) is 2.74. The van der Waals surface area contributed by atoms with Crippen LogP contribution in [0.3, 0.4) is 0 Å². The first-order chi connectivity index (χ1) is 10.1. The van der Waals surface area contributed by atoms with Crippen LogP contribution in [0.15, 0.2) is 17.8 Å². The van der Waals surface area contributed by atoms with Gasteiger partial charge in [-0.25, -0.2) is 4.68 Å². The van der Waals surface area contributed by atoms with Crippen molar-refractivity contribution in [2.45, 2.75) is 24.0 Å². The number of ketones is 1. The van der Waals surface area contributed by atoms with Gasteiger partial charge in [0.2, 0.25) is 5.16 Å². The summed E-state index contributed by atoms with van der Waals surface area (Å²) in [5.74, 6) is 0.0272. The van der Waals surface area contributed by atoms with Crippen LogP contribution in [0.25, 0.3) is 0 Å². The van der Waals surface area contributed by atoms with Crippen LogP contribution in [0.4, 0.5) is 4.79 Å². The first-order valence-electron chi connectivity index (χ1n) is 6.68. The van der Waals surface area contributed by atoms with E-state index in [-0.39, 0.29) is 36.0 Å². The van der Waals surface area contributed by atoms with Gasteiger partial charge in [0.1, 0.15) is 0 Å². The molecule has 22 heavy (non-hydrogen) atoms. The summed E-state index contributed by atoms with van der Waals surface area (Å²) in [7, 11) is 1.65. The molecule has 0 unspecified atom stereocenters. The summed E-state index contributed by atoms with van der Waals surface area (Å²) in [6.45, 7) is 4.86. The van der Waals surface area contributed by atoms with E-state index in [9.17, 15) is 9.59 Å². The highest BCUT2D eigenvalue weighted by Gasteiger charge is 2.26. The number of tetrazole rings is 1. The molecule has 1 atom stereocenters. The van der Waals surface area contributed by atoms with Crippen LogP contribution in [0.2, 0.25) is 0 Å². The molecule has 1 N–H and O–H groups in total. The fraction of sp³-hybridized carbons (Fsp3) is 0.583. The van der Waals surface area contributed by atoms with Gasteiger partial charge in [0.15, 0.2) is 5.78 Å². The van der Waals surface area contributed by atoms with Crippen molar-refractivity contribution in [2.24, 2.45) is 7.05 Å². The lowest BCUT2D eigenvalue weighted by Gasteiger charge is -2.21. The molecule has 1 fully saturated rings. The lowest BCUT2D eigenvalue weighted by atomic mass is 10.1. The molecule has 1 amide bonds. The van der Waals surface area contributed by atoms with Gasteiger partial charge in [-0.3, -0.25) is 9.59 Å². The second-order valence-electron chi connectivity index (χ2n) is 4.74. The van der Waals surface area contributed by atoms with Gasteiger partial charge in [0.25, 0.3) is 5.24 Å². The fourth-order valence-electron chi connectivity index (χ4n) is 2.07. The molecule has 2 rings (SSSR count). The number of carbonyl (C=O) groups excluding carboxylic acids is 2. The first-order valence-corrected chi connectivity index (χ1v) is 7.49. The van der Waals surface area contributed by atoms with E-state index in [0.717, 1.165) is 31.1 Å². The van der Waals surface area contributed by atoms with Crippen molar-refractivity contribution in [2.75, 3.05) is 19.6 Å². The SMILES string of the molecule is C=CCN(CC(=O)[C@@H]1CCCN1)C(=O)Sc1nnnn1C.Cl. The summed E-state index contributed by atoms with van der Waals surface area (Å²) in [5.41, 5.74) is 0. The molecule has 0 aromatic carbocycles. The zero-order valence-electron chi connectivity index (χ0n) is 12.3. The molecule has 1 saturated heterocycles. The third-order valence-electron chi connectivity index (χ3n) is 3.16. The summed E-state index contributed by atoms with van der Waals surface area (Å²) in [6, 6.07) is -0.147. The third kappa shape index (κ3) is 4.79. The predicted molar refractivity (Wildman–Crippen MR) is 85.1 cm³/mol. The highest BCUT2D eigenvalue weighted by molar-refractivity contribution is 8.13. The largest absolute Gasteiger partial charge is 0.322 e. The van der Waals surface area contributed by atoms with Crippen molar-refractivity contribution in [3.05, 3.63) is 12.7 Å². The Balaban J connectivity index is 0.00000242. The van der Waals surface area contributed by atoms with Crippen molar-refractivity contribution in [1.82, 2.24) is 30.4 Å². The maximum Gasteiger partial charge on any atom is 0.290 e. The zero-order valence-corrected chi connectivity index (χ0v) is 13.9. The second-order valence-corrected chi connectivity index (χ2v) is 5.66. The zero-order chi connectivity index (χ0) is 15.2. The Hall–Kier alpha value is -1.45. The van der Waals surface area contributed by atoms with Crippen LogP contribution >= 0.6 is 24.2 Å². The molecule has 122 valence electrons. The van der Waals surface area contributed by atoms with E-state index in [4.69, 9.17) is 0 Å². The number of carbonyl (C=O) groups is 2. The van der Waals surface area contributed by atoms with Gasteiger partial charge in [-0.15, -0.1) is 24.1 Å². The highest BCUT2D eigenvalue weighted by Crippen LogP contribution is 2.18. The summed E-state index contributed by atoms with van der Waals surface area (Å²) in [5, 5.41) is 14.2. The summed E-state index contributed by atoms with van der Waals surface area (Å²) < 4.78 is 1.41. The number of aryl methyl sites for hydroxylation is 1. The van der Waals surface area contributed by atoms with E-state index in [1.807, 2.05) is 0 Å². The Labute approximate surface area is 139 Å². The van der Waals surface area contributed by atoms with Crippen molar-refractivity contribution in [3.63, 3.8) is 0 Å². The molecule has 2 heterocycles. The number of rotatable bonds is 6. The monoisotopic (exact) mass is 346 g/mol. The van der Waals surface area contributed by atoms with E-state index >= 15 is 0 Å². The predicted octanol–water partition coefficient (Wildman–Crippen LogP) is 0.653. The topological polar surface area (TPSA) is 93.0 Å². The van der Waals surface area contributed by atoms with E-state index in [2.05, 4.69) is 27.4 Å². The van der Waals surface area contributed by atoms with Gasteiger partial charge in [-0.05, 0) is 29.8 Å². The third-order valence-corrected chi connectivity index (χ3v) is 4.12. The maximum atomic E-state index is 12.3. The first kappa shape index (κ1) is 18.6. The molecule has 0 spiro atoms. The van der Waals surface area contributed by atoms with Crippen LogP contribution in [0.5, 0.6) is 0 Å². The number of nitrogens with one attached hydrogen (secondary N) is 1. The normalized spacial score (nSPS) is 16.9. The van der Waals surface area contributed by atoms with Gasteiger partial charge in [-0.2, -0.15) is 0 Å². The minimum atomic E-state index is -0.265. The Morgan fingerprint density at radius 3 is 2.91 bits per heavy atom. The van der Waals surface area contributed by atoms with Crippen molar-refractivity contribution < 1.29 is 9.59 Å². The summed E-state index contributed by atoms with van der Waals surface area (Å²) in [4.78, 5) is 25.9. The molecular formula is C12H19ClN6O2S. The molecule has 0 saturated carbocycles. The number of amides is 1. The lowest BCUT2D eigenvalue weighted by Crippen LogP contribution is -2.41. The van der Waals surface area contributed by atoms with Crippen LogP contribution in [0.1, 0.15) is 12.8 Å². The standard InChI is InChI=1S/C12H18N6O2S.ClH/c1-3-7-18(8-10(19)9-5-4-6-13-9)12(20)21-11-14-15-16-17(11)2;/h3,9,13H,1,4-8H2,2H3;1H/t9-;/m0./s1. The van der Waals surface area contributed by atoms with Crippen molar-refractivity contribution in [1.29, 1.82) is 0 Å². The molecule has 0 radical (unpaired) electrons. The van der Waals surface area contributed by atoms with E-state index in [1.165, 1.54) is 9.58 Å². The second kappa shape index (κ2) is 8.86. The van der Waals surface area contributed by atoms with E-state index in [0.29, 0.717) is 11.7 Å². The van der Waals surface area contributed by atoms with Crippen LogP contribution in [-0.4, -0.2) is 61.8 Å². The number of hydrogen-bond acceptors (Lipinski definition) is 7. The minimum absolute atomic E-state index is 0. The van der Waals surface area contributed by atoms with Gasteiger partial charge < -0.3 is 10.2 Å². The molecule has 0 bridgehead atoms. The smallest absolute Gasteiger partial charge is 0.290 e. The van der Waals surface area contributed by atoms with Gasteiger partial charge in [-0.1, -0.05) is 6.08 Å². The minimum Gasteiger partial charge on any atom is -0.322 e. The average Bonchev–Trinajstić information content (AvgIpc) is 3.11. The van der Waals surface area contributed by atoms with Crippen LogP contribution in [0, 0.1) is 0 Å². The molecule has 1 aromatic rings. The lowest BCUT2D eigenvalue weighted by molar-refractivity contribution is -0.121. The molecule has 1 aliphatic rings. The van der Waals surface area contributed by atoms with Crippen LogP contribution in [-0.2, 0) is 11.8 Å². The molecule has 0 aliphatic carbocycles. The number of Topliss-reactive ketones (excluding diaryl/α,β-unsaturated/α-hetero) is 1. The quantitative estimate of drug-likeness (QED) is 0.597. The van der Waals surface area contributed by atoms with Crippen molar-refractivity contribution >= 4 is 35.2 Å². The van der Waals surface area contributed by atoms with Crippen molar-refractivity contribution in [3.8, 4) is 0 Å². The Morgan fingerprint density at radius 1 is 1.59 bits per heavy atom.